The van der Waals surface area contributed by atoms with Crippen molar-refractivity contribution in [2.24, 2.45) is 0 Å². The van der Waals surface area contributed by atoms with Crippen molar-refractivity contribution < 1.29 is 19.4 Å². The first kappa shape index (κ1) is 19.2. The largest absolute Gasteiger partial charge is 0.506 e. The maximum atomic E-state index is 10.8. The van der Waals surface area contributed by atoms with Gasteiger partial charge < -0.3 is 19.5 Å². The summed E-state index contributed by atoms with van der Waals surface area (Å²) >= 11 is 0. The van der Waals surface area contributed by atoms with Crippen LogP contribution in [0.4, 0.5) is 10.5 Å². The summed E-state index contributed by atoms with van der Waals surface area (Å²) in [6.45, 7) is 1.44. The van der Waals surface area contributed by atoms with Gasteiger partial charge in [-0.1, -0.05) is 12.1 Å². The molecular formula is C23H22N4O4. The highest BCUT2D eigenvalue weighted by Crippen LogP contribution is 2.30. The number of methoxy groups -OCH3 is 1. The maximum Gasteiger partial charge on any atom is 0.506 e. The Bertz CT molecular complexity index is 1260. The Kier molecular flexibility index (Phi) is 4.82. The van der Waals surface area contributed by atoms with E-state index in [9.17, 15) is 4.79 Å². The summed E-state index contributed by atoms with van der Waals surface area (Å²) < 4.78 is 12.2. The molecule has 5 rings (SSSR count). The molecule has 8 heteroatoms. The summed E-state index contributed by atoms with van der Waals surface area (Å²) in [5, 5.41) is 9.91. The monoisotopic (exact) mass is 418 g/mol. The molecular weight excluding hydrogens is 396 g/mol. The molecule has 2 aromatic heterocycles. The highest BCUT2D eigenvalue weighted by Gasteiger charge is 2.23. The summed E-state index contributed by atoms with van der Waals surface area (Å²) in [4.78, 5) is 22.5. The number of pyridine rings is 1. The molecule has 0 saturated carbocycles. The zero-order chi connectivity index (χ0) is 21.4. The van der Waals surface area contributed by atoms with Crippen LogP contribution in [0.1, 0.15) is 12.8 Å². The Labute approximate surface area is 178 Å². The predicted octanol–water partition coefficient (Wildman–Crippen LogP) is 4.25. The number of piperidine rings is 1. The smallest absolute Gasteiger partial charge is 0.497 e. The number of imidazole rings is 1. The van der Waals surface area contributed by atoms with Gasteiger partial charge in [0.15, 0.2) is 0 Å². The minimum absolute atomic E-state index is 0.249. The average Bonchev–Trinajstić information content (AvgIpc) is 3.21. The Morgan fingerprint density at radius 2 is 1.97 bits per heavy atom. The molecule has 1 saturated heterocycles. The molecule has 0 radical (unpaired) electrons. The number of ether oxygens (including phenoxy) is 2. The summed E-state index contributed by atoms with van der Waals surface area (Å²) in [7, 11) is 1.64. The Morgan fingerprint density at radius 3 is 2.74 bits per heavy atom. The number of para-hydroxylation sites is 1. The number of anilines is 1. The number of fused-ring (bicyclic) bond motifs is 2. The topological polar surface area (TPSA) is 89.7 Å². The molecule has 0 bridgehead atoms. The Morgan fingerprint density at radius 1 is 1.13 bits per heavy atom. The van der Waals surface area contributed by atoms with E-state index < -0.39 is 6.16 Å². The number of aromatic nitrogens is 3. The quantitative estimate of drug-likeness (QED) is 0.496. The third kappa shape index (κ3) is 3.61. The minimum atomic E-state index is -1.21. The predicted molar refractivity (Wildman–Crippen MR) is 117 cm³/mol. The van der Waals surface area contributed by atoms with E-state index in [0.29, 0.717) is 12.8 Å². The van der Waals surface area contributed by atoms with Crippen molar-refractivity contribution in [2.75, 3.05) is 25.1 Å². The van der Waals surface area contributed by atoms with Crippen LogP contribution in [0.3, 0.4) is 0 Å². The van der Waals surface area contributed by atoms with Gasteiger partial charge in [0.25, 0.3) is 0 Å². The molecule has 3 heterocycles. The van der Waals surface area contributed by atoms with Crippen molar-refractivity contribution >= 4 is 33.8 Å². The van der Waals surface area contributed by atoms with Crippen molar-refractivity contribution in [3.05, 3.63) is 54.9 Å². The standard InChI is InChI=1S/C23H22N4O4/c1-30-17-6-7-19-18(13-17)24-14-27(19)21-8-5-15-3-2-4-20(22(15)25-21)26-11-9-16(10-12-26)31-23(28)29/h2-8,13-14,16H,9-12H2,1H3,(H,28,29). The second-order valence-corrected chi connectivity index (χ2v) is 7.56. The fraction of sp³-hybridized carbons (Fsp3) is 0.261. The number of carboxylic acid groups (broad SMARTS) is 1. The van der Waals surface area contributed by atoms with Crippen molar-refractivity contribution in [1.29, 1.82) is 0 Å². The lowest BCUT2D eigenvalue weighted by atomic mass is 10.1. The van der Waals surface area contributed by atoms with Crippen LogP contribution in [0, 0.1) is 0 Å². The van der Waals surface area contributed by atoms with Crippen LogP contribution in [0.15, 0.2) is 54.9 Å². The SMILES string of the molecule is COc1ccc2c(c1)ncn2-c1ccc2cccc(N3CCC(OC(=O)O)CC3)c2n1. The van der Waals surface area contributed by atoms with Gasteiger partial charge in [0.05, 0.1) is 29.3 Å². The number of hydrogen-bond acceptors (Lipinski definition) is 6. The zero-order valence-corrected chi connectivity index (χ0v) is 17.1. The zero-order valence-electron chi connectivity index (χ0n) is 17.1. The van der Waals surface area contributed by atoms with E-state index in [0.717, 1.165) is 52.3 Å². The van der Waals surface area contributed by atoms with Gasteiger partial charge in [-0.2, -0.15) is 0 Å². The fourth-order valence-corrected chi connectivity index (χ4v) is 4.17. The Hall–Kier alpha value is -3.81. The van der Waals surface area contributed by atoms with Crippen LogP contribution in [-0.4, -0.2) is 52.1 Å². The summed E-state index contributed by atoms with van der Waals surface area (Å²) in [5.74, 6) is 1.55. The van der Waals surface area contributed by atoms with Crippen molar-refractivity contribution in [2.45, 2.75) is 18.9 Å². The van der Waals surface area contributed by atoms with Crippen molar-refractivity contribution in [1.82, 2.24) is 14.5 Å². The average molecular weight is 418 g/mol. The molecule has 2 aromatic carbocycles. The van der Waals surface area contributed by atoms with Crippen LogP contribution in [0.25, 0.3) is 27.8 Å². The van der Waals surface area contributed by atoms with Crippen LogP contribution in [0.5, 0.6) is 5.75 Å². The third-order valence-electron chi connectivity index (χ3n) is 5.74. The first-order valence-corrected chi connectivity index (χ1v) is 10.2. The van der Waals surface area contributed by atoms with E-state index >= 15 is 0 Å². The van der Waals surface area contributed by atoms with Crippen LogP contribution in [0.2, 0.25) is 0 Å². The van der Waals surface area contributed by atoms with Crippen molar-refractivity contribution in [3.8, 4) is 11.6 Å². The van der Waals surface area contributed by atoms with Gasteiger partial charge in [-0.15, -0.1) is 0 Å². The number of rotatable bonds is 4. The van der Waals surface area contributed by atoms with Crippen molar-refractivity contribution in [3.63, 3.8) is 0 Å². The molecule has 0 amide bonds. The van der Waals surface area contributed by atoms with Crippen LogP contribution in [-0.2, 0) is 4.74 Å². The molecule has 0 aliphatic carbocycles. The molecule has 0 unspecified atom stereocenters. The van der Waals surface area contributed by atoms with E-state index in [1.807, 2.05) is 41.0 Å². The highest BCUT2D eigenvalue weighted by molar-refractivity contribution is 5.92. The number of nitrogens with zero attached hydrogens (tertiary/aromatic N) is 4. The fourth-order valence-electron chi connectivity index (χ4n) is 4.17. The lowest BCUT2D eigenvalue weighted by molar-refractivity contribution is 0.0416. The third-order valence-corrected chi connectivity index (χ3v) is 5.74. The van der Waals surface area contributed by atoms with Gasteiger partial charge in [0.1, 0.15) is 24.0 Å². The molecule has 1 aliphatic rings. The maximum absolute atomic E-state index is 10.8. The number of carbonyl (C=O) groups is 1. The summed E-state index contributed by atoms with van der Waals surface area (Å²) in [5.41, 5.74) is 3.75. The van der Waals surface area contributed by atoms with Gasteiger partial charge in [-0.3, -0.25) is 4.57 Å². The first-order chi connectivity index (χ1) is 15.1. The molecule has 0 atom stereocenters. The van der Waals surface area contributed by atoms with E-state index in [1.165, 1.54) is 0 Å². The van der Waals surface area contributed by atoms with E-state index in [2.05, 4.69) is 22.0 Å². The number of benzene rings is 2. The second-order valence-electron chi connectivity index (χ2n) is 7.56. The van der Waals surface area contributed by atoms with Gasteiger partial charge in [0.2, 0.25) is 0 Å². The normalized spacial score (nSPS) is 14.8. The Balaban J connectivity index is 1.50. The van der Waals surface area contributed by atoms with Gasteiger partial charge in [-0.05, 0) is 30.3 Å². The molecule has 1 fully saturated rings. The summed E-state index contributed by atoms with van der Waals surface area (Å²) in [6.07, 6.45) is 1.64. The second kappa shape index (κ2) is 7.79. The van der Waals surface area contributed by atoms with Gasteiger partial charge in [0, 0.05) is 37.4 Å². The van der Waals surface area contributed by atoms with E-state index in [1.54, 1.807) is 13.4 Å². The molecule has 158 valence electrons. The molecule has 0 spiro atoms. The lowest BCUT2D eigenvalue weighted by Crippen LogP contribution is -2.37. The van der Waals surface area contributed by atoms with E-state index in [-0.39, 0.29) is 6.10 Å². The molecule has 31 heavy (non-hydrogen) atoms. The molecule has 4 aromatic rings. The molecule has 8 nitrogen and oxygen atoms in total. The first-order valence-electron chi connectivity index (χ1n) is 10.2. The van der Waals surface area contributed by atoms with Crippen LogP contribution < -0.4 is 9.64 Å². The lowest BCUT2D eigenvalue weighted by Gasteiger charge is -2.33. The number of hydrogen-bond donors (Lipinski definition) is 1. The van der Waals surface area contributed by atoms with Crippen LogP contribution >= 0.6 is 0 Å². The summed E-state index contributed by atoms with van der Waals surface area (Å²) in [6, 6.07) is 16.0. The molecule has 1 N–H and O–H groups in total. The van der Waals surface area contributed by atoms with Gasteiger partial charge in [-0.25, -0.2) is 14.8 Å². The molecule has 1 aliphatic heterocycles. The van der Waals surface area contributed by atoms with E-state index in [4.69, 9.17) is 19.6 Å². The van der Waals surface area contributed by atoms with Gasteiger partial charge >= 0.3 is 6.16 Å². The minimum Gasteiger partial charge on any atom is -0.497 e. The highest BCUT2D eigenvalue weighted by atomic mass is 16.7.